The number of pyridine rings is 1. The van der Waals surface area contributed by atoms with Crippen molar-refractivity contribution in [3.05, 3.63) is 35.3 Å². The molecule has 2 aromatic heterocycles. The number of hydrogen-bond donors (Lipinski definition) is 1. The smallest absolute Gasteiger partial charge is 0.160 e. The molecule has 0 radical (unpaired) electrons. The zero-order chi connectivity index (χ0) is 9.97. The number of carbonyl (C=O) groups is 1. The minimum atomic E-state index is 0.140. The van der Waals surface area contributed by atoms with Gasteiger partial charge in [0, 0.05) is 0 Å². The maximum absolute atomic E-state index is 10.5. The molecule has 2 aromatic rings. The Kier molecular flexibility index (Phi) is 2.28. The van der Waals surface area contributed by atoms with Gasteiger partial charge < -0.3 is 5.11 Å². The van der Waals surface area contributed by atoms with E-state index in [2.05, 4.69) is 4.98 Å². The normalized spacial score (nSPS) is 10.0. The van der Waals surface area contributed by atoms with E-state index in [-0.39, 0.29) is 5.75 Å². The van der Waals surface area contributed by atoms with Crippen molar-refractivity contribution >= 4 is 17.6 Å². The van der Waals surface area contributed by atoms with Crippen molar-refractivity contribution in [3.8, 4) is 16.3 Å². The van der Waals surface area contributed by atoms with Gasteiger partial charge >= 0.3 is 0 Å². The Morgan fingerprint density at radius 2 is 2.14 bits per heavy atom. The first-order valence-corrected chi connectivity index (χ1v) is 4.81. The fourth-order valence-corrected chi connectivity index (χ4v) is 1.89. The Labute approximate surface area is 84.7 Å². The third-order valence-electron chi connectivity index (χ3n) is 1.74. The van der Waals surface area contributed by atoms with Gasteiger partial charge in [-0.15, -0.1) is 11.3 Å². The summed E-state index contributed by atoms with van der Waals surface area (Å²) in [5, 5.41) is 9.04. The first-order valence-electron chi connectivity index (χ1n) is 4.00. The van der Waals surface area contributed by atoms with Crippen LogP contribution in [0.15, 0.2) is 30.5 Å². The van der Waals surface area contributed by atoms with Gasteiger partial charge in [-0.2, -0.15) is 0 Å². The van der Waals surface area contributed by atoms with Crippen LogP contribution in [0.4, 0.5) is 0 Å². The maximum Gasteiger partial charge on any atom is 0.160 e. The number of aldehydes is 1. The number of carbonyl (C=O) groups excluding carboxylic acids is 1. The third-order valence-corrected chi connectivity index (χ3v) is 2.78. The number of nitrogens with zero attached hydrogens (tertiary/aromatic N) is 1. The van der Waals surface area contributed by atoms with E-state index in [1.165, 1.54) is 17.5 Å². The van der Waals surface area contributed by atoms with Crippen molar-refractivity contribution in [2.24, 2.45) is 0 Å². The van der Waals surface area contributed by atoms with E-state index in [1.807, 2.05) is 6.07 Å². The average molecular weight is 205 g/mol. The van der Waals surface area contributed by atoms with Crippen molar-refractivity contribution in [3.63, 3.8) is 0 Å². The second kappa shape index (κ2) is 3.59. The summed E-state index contributed by atoms with van der Waals surface area (Å²) in [5.41, 5.74) is 0.765. The Bertz CT molecular complexity index is 447. The summed E-state index contributed by atoms with van der Waals surface area (Å²) in [6.45, 7) is 0. The van der Waals surface area contributed by atoms with E-state index in [1.54, 1.807) is 18.2 Å². The molecule has 0 aliphatic carbocycles. The highest BCUT2D eigenvalue weighted by Gasteiger charge is 2.02. The van der Waals surface area contributed by atoms with Crippen molar-refractivity contribution in [1.82, 2.24) is 4.98 Å². The van der Waals surface area contributed by atoms with Gasteiger partial charge in [0.05, 0.1) is 21.6 Å². The van der Waals surface area contributed by atoms with Gasteiger partial charge in [0.2, 0.25) is 0 Å². The average Bonchev–Trinajstić information content (AvgIpc) is 2.67. The Morgan fingerprint density at radius 3 is 2.71 bits per heavy atom. The molecule has 14 heavy (non-hydrogen) atoms. The summed E-state index contributed by atoms with van der Waals surface area (Å²) in [5.74, 6) is 0.140. The van der Waals surface area contributed by atoms with Crippen LogP contribution in [-0.2, 0) is 0 Å². The molecule has 0 bridgehead atoms. The molecule has 3 nitrogen and oxygen atoms in total. The lowest BCUT2D eigenvalue weighted by Crippen LogP contribution is -1.77. The molecule has 0 fully saturated rings. The highest BCUT2D eigenvalue weighted by molar-refractivity contribution is 7.17. The molecule has 0 atom stereocenters. The molecule has 0 aliphatic heterocycles. The summed E-state index contributed by atoms with van der Waals surface area (Å²) in [4.78, 5) is 16.1. The molecular weight excluding hydrogens is 198 g/mol. The summed E-state index contributed by atoms with van der Waals surface area (Å²) < 4.78 is 0. The molecule has 1 N–H and O–H groups in total. The fourth-order valence-electron chi connectivity index (χ4n) is 1.09. The number of aromatic hydroxyl groups is 1. The summed E-state index contributed by atoms with van der Waals surface area (Å²) in [6, 6.07) is 6.88. The molecule has 0 amide bonds. The minimum absolute atomic E-state index is 0.140. The lowest BCUT2D eigenvalue weighted by atomic mass is 10.3. The van der Waals surface area contributed by atoms with Crippen molar-refractivity contribution in [2.75, 3.05) is 0 Å². The highest BCUT2D eigenvalue weighted by Crippen LogP contribution is 2.26. The Morgan fingerprint density at radius 1 is 1.29 bits per heavy atom. The van der Waals surface area contributed by atoms with E-state index in [9.17, 15) is 4.79 Å². The molecule has 0 saturated heterocycles. The van der Waals surface area contributed by atoms with E-state index >= 15 is 0 Å². The van der Waals surface area contributed by atoms with Crippen LogP contribution >= 0.6 is 11.3 Å². The van der Waals surface area contributed by atoms with Gasteiger partial charge in [-0.05, 0) is 24.3 Å². The zero-order valence-corrected chi connectivity index (χ0v) is 7.99. The SMILES string of the molecule is O=Cc1ccc(-c2ccc(O)cn2)s1. The van der Waals surface area contributed by atoms with Crippen LogP contribution in [0.2, 0.25) is 0 Å². The molecule has 0 saturated carbocycles. The highest BCUT2D eigenvalue weighted by atomic mass is 32.1. The summed E-state index contributed by atoms with van der Waals surface area (Å²) >= 11 is 1.38. The van der Waals surface area contributed by atoms with E-state index in [0.29, 0.717) is 4.88 Å². The van der Waals surface area contributed by atoms with Crippen molar-refractivity contribution < 1.29 is 9.90 Å². The van der Waals surface area contributed by atoms with E-state index < -0.39 is 0 Å². The van der Waals surface area contributed by atoms with Gasteiger partial charge in [-0.1, -0.05) is 0 Å². The molecule has 2 rings (SSSR count). The molecule has 0 aromatic carbocycles. The lowest BCUT2D eigenvalue weighted by Gasteiger charge is -1.95. The van der Waals surface area contributed by atoms with Crippen LogP contribution in [0, 0.1) is 0 Å². The predicted octanol–water partition coefficient (Wildman–Crippen LogP) is 2.33. The zero-order valence-electron chi connectivity index (χ0n) is 7.18. The Balaban J connectivity index is 2.39. The molecule has 70 valence electrons. The van der Waals surface area contributed by atoms with Crippen LogP contribution < -0.4 is 0 Å². The standard InChI is InChI=1S/C10H7NO2S/c12-6-8-2-4-10(14-8)9-3-1-7(13)5-11-9/h1-6,13H. The van der Waals surface area contributed by atoms with Crippen LogP contribution in [0.1, 0.15) is 9.67 Å². The van der Waals surface area contributed by atoms with E-state index in [4.69, 9.17) is 5.11 Å². The number of hydrogen-bond acceptors (Lipinski definition) is 4. The van der Waals surface area contributed by atoms with Crippen molar-refractivity contribution in [2.45, 2.75) is 0 Å². The van der Waals surface area contributed by atoms with Crippen LogP contribution in [0.3, 0.4) is 0 Å². The quantitative estimate of drug-likeness (QED) is 0.765. The number of rotatable bonds is 2. The summed E-state index contributed by atoms with van der Waals surface area (Å²) in [6.07, 6.45) is 2.20. The summed E-state index contributed by atoms with van der Waals surface area (Å²) in [7, 11) is 0. The van der Waals surface area contributed by atoms with Gasteiger partial charge in [-0.25, -0.2) is 0 Å². The first-order chi connectivity index (χ1) is 6.79. The number of thiophene rings is 1. The molecule has 0 unspecified atom stereocenters. The van der Waals surface area contributed by atoms with Crippen LogP contribution in [-0.4, -0.2) is 16.4 Å². The second-order valence-electron chi connectivity index (χ2n) is 2.72. The maximum atomic E-state index is 10.5. The Hall–Kier alpha value is -1.68. The van der Waals surface area contributed by atoms with Gasteiger partial charge in [0.25, 0.3) is 0 Å². The number of aromatic nitrogens is 1. The van der Waals surface area contributed by atoms with Crippen molar-refractivity contribution in [1.29, 1.82) is 0 Å². The molecule has 4 heteroatoms. The fraction of sp³-hybridized carbons (Fsp3) is 0. The minimum Gasteiger partial charge on any atom is -0.506 e. The van der Waals surface area contributed by atoms with Gasteiger partial charge in [-0.3, -0.25) is 9.78 Å². The largest absolute Gasteiger partial charge is 0.506 e. The van der Waals surface area contributed by atoms with Gasteiger partial charge in [0.1, 0.15) is 5.75 Å². The van der Waals surface area contributed by atoms with Gasteiger partial charge in [0.15, 0.2) is 6.29 Å². The first kappa shape index (κ1) is 8.90. The molecule has 0 spiro atoms. The topological polar surface area (TPSA) is 50.2 Å². The van der Waals surface area contributed by atoms with E-state index in [0.717, 1.165) is 16.9 Å². The molecule has 0 aliphatic rings. The monoisotopic (exact) mass is 205 g/mol. The van der Waals surface area contributed by atoms with Crippen LogP contribution in [0.5, 0.6) is 5.75 Å². The van der Waals surface area contributed by atoms with Crippen LogP contribution in [0.25, 0.3) is 10.6 Å². The second-order valence-corrected chi connectivity index (χ2v) is 3.84. The predicted molar refractivity (Wildman–Crippen MR) is 54.6 cm³/mol. The lowest BCUT2D eigenvalue weighted by molar-refractivity contribution is 0.112. The molecular formula is C10H7NO2S. The molecule has 2 heterocycles. The third kappa shape index (κ3) is 1.65.